The van der Waals surface area contributed by atoms with Crippen molar-refractivity contribution in [3.63, 3.8) is 0 Å². The molecule has 0 radical (unpaired) electrons. The lowest BCUT2D eigenvalue weighted by Gasteiger charge is -2.18. The molecule has 1 aliphatic heterocycles. The first-order valence-corrected chi connectivity index (χ1v) is 10.5. The monoisotopic (exact) mass is 463 g/mol. The van der Waals surface area contributed by atoms with Crippen LogP contribution in [0.25, 0.3) is 6.08 Å². The summed E-state index contributed by atoms with van der Waals surface area (Å²) < 4.78 is 29.2. The number of ether oxygens (including phenoxy) is 1. The zero-order valence-electron chi connectivity index (χ0n) is 16.9. The standard InChI is InChI=1S/C22H20ClF2N3O2S/c1-14(23)13-31-22-26-19(12-15-4-6-16(7-5-15)27(2)3)20(29)28(22)17-8-10-18(11-9-17)30-21(24)25/h4-12,21H,1,13H2,2-3H3/b19-12-. The highest BCUT2D eigenvalue weighted by Crippen LogP contribution is 2.31. The van der Waals surface area contributed by atoms with Gasteiger partial charge in [-0.25, -0.2) is 4.99 Å². The van der Waals surface area contributed by atoms with E-state index in [0.29, 0.717) is 21.6 Å². The molecule has 9 heteroatoms. The smallest absolute Gasteiger partial charge is 0.387 e. The van der Waals surface area contributed by atoms with Gasteiger partial charge in [0.15, 0.2) is 5.17 Å². The summed E-state index contributed by atoms with van der Waals surface area (Å²) in [5.41, 5.74) is 2.59. The first-order chi connectivity index (χ1) is 14.7. The maximum absolute atomic E-state index is 13.1. The molecule has 0 aliphatic carbocycles. The zero-order valence-corrected chi connectivity index (χ0v) is 18.5. The van der Waals surface area contributed by atoms with Crippen LogP contribution in [0.4, 0.5) is 20.2 Å². The molecule has 0 saturated carbocycles. The Labute approximate surface area is 188 Å². The molecule has 0 aromatic heterocycles. The lowest BCUT2D eigenvalue weighted by molar-refractivity contribution is -0.113. The fraction of sp³-hybridized carbons (Fsp3) is 0.182. The average Bonchev–Trinajstić information content (AvgIpc) is 3.02. The number of amidine groups is 1. The molecule has 3 rings (SSSR count). The van der Waals surface area contributed by atoms with Crippen LogP contribution in [0.2, 0.25) is 0 Å². The second-order valence-electron chi connectivity index (χ2n) is 6.73. The van der Waals surface area contributed by atoms with E-state index in [1.54, 1.807) is 6.08 Å². The Bertz CT molecular complexity index is 1020. The van der Waals surface area contributed by atoms with E-state index in [0.717, 1.165) is 11.3 Å². The third kappa shape index (κ3) is 5.86. The summed E-state index contributed by atoms with van der Waals surface area (Å²) in [7, 11) is 3.89. The molecule has 0 saturated heterocycles. The van der Waals surface area contributed by atoms with E-state index in [2.05, 4.69) is 16.3 Å². The number of hydrogen-bond acceptors (Lipinski definition) is 5. The first-order valence-electron chi connectivity index (χ1n) is 9.18. The Morgan fingerprint density at radius 1 is 1.23 bits per heavy atom. The molecule has 5 nitrogen and oxygen atoms in total. The molecule has 0 fully saturated rings. The topological polar surface area (TPSA) is 45.1 Å². The minimum Gasteiger partial charge on any atom is -0.435 e. The Morgan fingerprint density at radius 3 is 2.42 bits per heavy atom. The Balaban J connectivity index is 1.90. The average molecular weight is 464 g/mol. The highest BCUT2D eigenvalue weighted by molar-refractivity contribution is 8.14. The first kappa shape index (κ1) is 22.8. The number of carbonyl (C=O) groups excluding carboxylic acids is 1. The molecule has 0 atom stereocenters. The molecule has 1 amide bonds. The number of alkyl halides is 2. The maximum Gasteiger partial charge on any atom is 0.387 e. The molecule has 0 unspecified atom stereocenters. The van der Waals surface area contributed by atoms with Gasteiger partial charge in [0.05, 0.1) is 5.69 Å². The number of amides is 1. The van der Waals surface area contributed by atoms with Gasteiger partial charge in [-0.2, -0.15) is 8.78 Å². The van der Waals surface area contributed by atoms with E-state index < -0.39 is 6.61 Å². The van der Waals surface area contributed by atoms with E-state index >= 15 is 0 Å². The number of hydrogen-bond donors (Lipinski definition) is 0. The van der Waals surface area contributed by atoms with Crippen molar-refractivity contribution in [2.75, 3.05) is 29.6 Å². The maximum atomic E-state index is 13.1. The summed E-state index contributed by atoms with van der Waals surface area (Å²) in [6, 6.07) is 13.5. The van der Waals surface area contributed by atoms with E-state index in [9.17, 15) is 13.6 Å². The molecule has 1 aliphatic rings. The normalized spacial score (nSPS) is 14.9. The van der Waals surface area contributed by atoms with E-state index in [4.69, 9.17) is 11.6 Å². The van der Waals surface area contributed by atoms with Crippen LogP contribution in [0.3, 0.4) is 0 Å². The summed E-state index contributed by atoms with van der Waals surface area (Å²) in [5, 5.41) is 0.836. The zero-order chi connectivity index (χ0) is 22.5. The van der Waals surface area contributed by atoms with Gasteiger partial charge in [0.1, 0.15) is 11.4 Å². The lowest BCUT2D eigenvalue weighted by Crippen LogP contribution is -2.30. The third-order valence-corrected chi connectivity index (χ3v) is 5.54. The largest absolute Gasteiger partial charge is 0.435 e. The van der Waals surface area contributed by atoms with Crippen molar-refractivity contribution in [2.45, 2.75) is 6.61 Å². The van der Waals surface area contributed by atoms with Gasteiger partial charge in [-0.3, -0.25) is 9.69 Å². The minimum atomic E-state index is -2.92. The van der Waals surface area contributed by atoms with Crippen LogP contribution in [0, 0.1) is 0 Å². The van der Waals surface area contributed by atoms with Gasteiger partial charge in [-0.1, -0.05) is 42.1 Å². The molecule has 1 heterocycles. The highest BCUT2D eigenvalue weighted by Gasteiger charge is 2.32. The van der Waals surface area contributed by atoms with Crippen LogP contribution in [0.15, 0.2) is 70.8 Å². The molecule has 0 spiro atoms. The van der Waals surface area contributed by atoms with Gasteiger partial charge in [0.2, 0.25) is 0 Å². The van der Waals surface area contributed by atoms with Gasteiger partial charge in [-0.15, -0.1) is 0 Å². The van der Waals surface area contributed by atoms with Gasteiger partial charge in [0.25, 0.3) is 5.91 Å². The van der Waals surface area contributed by atoms with Crippen LogP contribution < -0.4 is 14.5 Å². The quantitative estimate of drug-likeness (QED) is 0.502. The van der Waals surface area contributed by atoms with Crippen molar-refractivity contribution in [1.82, 2.24) is 0 Å². The Morgan fingerprint density at radius 2 is 1.87 bits per heavy atom. The summed E-state index contributed by atoms with van der Waals surface area (Å²) in [5.74, 6) is 0.0333. The van der Waals surface area contributed by atoms with Gasteiger partial charge in [-0.05, 0) is 48.0 Å². The number of anilines is 2. The van der Waals surface area contributed by atoms with Crippen molar-refractivity contribution in [3.05, 3.63) is 71.4 Å². The lowest BCUT2D eigenvalue weighted by atomic mass is 10.1. The molecule has 2 aromatic carbocycles. The van der Waals surface area contributed by atoms with E-state index in [1.165, 1.54) is 40.9 Å². The SMILES string of the molecule is C=C(Cl)CSC1=N/C(=C\c2ccc(N(C)C)cc2)C(=O)N1c1ccc(OC(F)F)cc1. The number of aliphatic imine (C=N–C) groups is 1. The molecule has 162 valence electrons. The summed E-state index contributed by atoms with van der Waals surface area (Å²) in [6.07, 6.45) is 1.70. The van der Waals surface area contributed by atoms with Gasteiger partial charge in [0, 0.05) is 30.6 Å². The van der Waals surface area contributed by atoms with Gasteiger partial charge < -0.3 is 9.64 Å². The van der Waals surface area contributed by atoms with Crippen molar-refractivity contribution >= 4 is 51.9 Å². The van der Waals surface area contributed by atoms with Crippen LogP contribution in [0.1, 0.15) is 5.56 Å². The van der Waals surface area contributed by atoms with Crippen molar-refractivity contribution in [3.8, 4) is 5.75 Å². The molecular formula is C22H20ClF2N3O2S. The fourth-order valence-electron chi connectivity index (χ4n) is 2.77. The summed E-state index contributed by atoms with van der Waals surface area (Å²) in [6.45, 7) is 0.740. The molecule has 0 N–H and O–H groups in total. The number of rotatable bonds is 7. The third-order valence-electron chi connectivity index (χ3n) is 4.22. The van der Waals surface area contributed by atoms with Crippen LogP contribution in [-0.2, 0) is 4.79 Å². The summed E-state index contributed by atoms with van der Waals surface area (Å²) >= 11 is 7.14. The van der Waals surface area contributed by atoms with E-state index in [1.807, 2.05) is 43.3 Å². The van der Waals surface area contributed by atoms with Gasteiger partial charge >= 0.3 is 6.61 Å². The van der Waals surface area contributed by atoms with E-state index in [-0.39, 0.29) is 17.4 Å². The fourth-order valence-corrected chi connectivity index (χ4v) is 3.70. The number of nitrogens with zero attached hydrogens (tertiary/aromatic N) is 3. The molecular weight excluding hydrogens is 444 g/mol. The van der Waals surface area contributed by atoms with Crippen LogP contribution in [0.5, 0.6) is 5.75 Å². The Kier molecular flexibility index (Phi) is 7.35. The molecule has 0 bridgehead atoms. The predicted molar refractivity (Wildman–Crippen MR) is 124 cm³/mol. The molecule has 2 aromatic rings. The van der Waals surface area contributed by atoms with Crippen molar-refractivity contribution in [2.24, 2.45) is 4.99 Å². The number of carbonyl (C=O) groups is 1. The van der Waals surface area contributed by atoms with Crippen molar-refractivity contribution < 1.29 is 18.3 Å². The predicted octanol–water partition coefficient (Wildman–Crippen LogP) is 5.58. The number of halogens is 3. The molecule has 31 heavy (non-hydrogen) atoms. The Hall–Kier alpha value is -2.84. The number of thioether (sulfide) groups is 1. The van der Waals surface area contributed by atoms with Crippen LogP contribution >= 0.6 is 23.4 Å². The second-order valence-corrected chi connectivity index (χ2v) is 8.21. The van der Waals surface area contributed by atoms with Crippen molar-refractivity contribution in [1.29, 1.82) is 0 Å². The highest BCUT2D eigenvalue weighted by atomic mass is 35.5. The number of benzene rings is 2. The van der Waals surface area contributed by atoms with Crippen LogP contribution in [-0.4, -0.2) is 37.5 Å². The summed E-state index contributed by atoms with van der Waals surface area (Å²) in [4.78, 5) is 21.0. The second kappa shape index (κ2) is 9.98. The minimum absolute atomic E-state index is 0.00224.